The van der Waals surface area contributed by atoms with E-state index in [-0.39, 0.29) is 23.4 Å². The SMILES string of the molecule is Cc1c(C(=O)N2CCC(C)[C@H](c3cc(C(F)F)nc4ccnn34)C2)sc2ccccc12. The fourth-order valence-electron chi connectivity index (χ4n) is 4.49. The highest BCUT2D eigenvalue weighted by Crippen LogP contribution is 2.36. The van der Waals surface area contributed by atoms with Gasteiger partial charge in [0.25, 0.3) is 12.3 Å². The Morgan fingerprint density at radius 1 is 1.26 bits per heavy atom. The smallest absolute Gasteiger partial charge is 0.280 e. The first-order valence-electron chi connectivity index (χ1n) is 10.3. The Morgan fingerprint density at radius 2 is 2.06 bits per heavy atom. The van der Waals surface area contributed by atoms with Crippen molar-refractivity contribution in [3.63, 3.8) is 0 Å². The van der Waals surface area contributed by atoms with Crippen LogP contribution in [0.15, 0.2) is 42.6 Å². The Hall–Kier alpha value is -2.87. The molecule has 4 heterocycles. The Labute approximate surface area is 182 Å². The Bertz CT molecular complexity index is 1280. The number of nitrogens with zero attached hydrogens (tertiary/aromatic N) is 4. The Kier molecular flexibility index (Phi) is 4.97. The van der Waals surface area contributed by atoms with Crippen molar-refractivity contribution in [1.82, 2.24) is 19.5 Å². The van der Waals surface area contributed by atoms with Gasteiger partial charge in [0.05, 0.1) is 16.8 Å². The van der Waals surface area contributed by atoms with Crippen molar-refractivity contribution >= 4 is 33.0 Å². The van der Waals surface area contributed by atoms with Crippen LogP contribution in [-0.2, 0) is 0 Å². The minimum Gasteiger partial charge on any atom is -0.337 e. The Morgan fingerprint density at radius 3 is 2.84 bits per heavy atom. The summed E-state index contributed by atoms with van der Waals surface area (Å²) in [6.07, 6.45) is -0.287. The van der Waals surface area contributed by atoms with Gasteiger partial charge in [-0.15, -0.1) is 11.3 Å². The van der Waals surface area contributed by atoms with Crippen molar-refractivity contribution in [2.24, 2.45) is 5.92 Å². The van der Waals surface area contributed by atoms with Crippen LogP contribution in [0.25, 0.3) is 15.7 Å². The van der Waals surface area contributed by atoms with Gasteiger partial charge in [-0.2, -0.15) is 5.10 Å². The van der Waals surface area contributed by atoms with Crippen molar-refractivity contribution in [3.05, 3.63) is 64.4 Å². The molecule has 1 unspecified atom stereocenters. The highest BCUT2D eigenvalue weighted by atomic mass is 32.1. The van der Waals surface area contributed by atoms with E-state index in [9.17, 15) is 13.6 Å². The fourth-order valence-corrected chi connectivity index (χ4v) is 5.67. The van der Waals surface area contributed by atoms with Gasteiger partial charge < -0.3 is 4.90 Å². The topological polar surface area (TPSA) is 50.5 Å². The molecule has 8 heteroatoms. The van der Waals surface area contributed by atoms with Crippen LogP contribution in [0.1, 0.15) is 52.3 Å². The summed E-state index contributed by atoms with van der Waals surface area (Å²) < 4.78 is 29.7. The number of halogens is 2. The summed E-state index contributed by atoms with van der Waals surface area (Å²) in [4.78, 5) is 20.1. The maximum Gasteiger partial charge on any atom is 0.280 e. The molecule has 1 fully saturated rings. The number of aryl methyl sites for hydroxylation is 1. The number of likely N-dealkylation sites (tertiary alicyclic amines) is 1. The summed E-state index contributed by atoms with van der Waals surface area (Å²) in [5.41, 5.74) is 1.84. The molecule has 1 aliphatic rings. The number of rotatable bonds is 3. The first kappa shape index (κ1) is 20.1. The lowest BCUT2D eigenvalue weighted by Crippen LogP contribution is -2.42. The molecule has 0 radical (unpaired) electrons. The third kappa shape index (κ3) is 3.39. The Balaban J connectivity index is 1.51. The van der Waals surface area contributed by atoms with Crippen molar-refractivity contribution < 1.29 is 13.6 Å². The first-order valence-corrected chi connectivity index (χ1v) is 11.2. The normalized spacial score (nSPS) is 19.6. The van der Waals surface area contributed by atoms with Crippen LogP contribution >= 0.6 is 11.3 Å². The molecule has 4 aromatic rings. The number of hydrogen-bond donors (Lipinski definition) is 0. The summed E-state index contributed by atoms with van der Waals surface area (Å²) in [6.45, 7) is 5.21. The number of carbonyl (C=O) groups is 1. The molecule has 0 aliphatic carbocycles. The molecule has 5 rings (SSSR count). The second-order valence-electron chi connectivity index (χ2n) is 8.18. The highest BCUT2D eigenvalue weighted by molar-refractivity contribution is 7.21. The molecule has 1 amide bonds. The summed E-state index contributed by atoms with van der Waals surface area (Å²) in [6, 6.07) is 11.1. The van der Waals surface area contributed by atoms with Gasteiger partial charge in [-0.05, 0) is 42.3 Å². The molecular formula is C23H22F2N4OS. The summed E-state index contributed by atoms with van der Waals surface area (Å²) in [5.74, 6) is 0.138. The number of fused-ring (bicyclic) bond motifs is 2. The van der Waals surface area contributed by atoms with Gasteiger partial charge in [-0.1, -0.05) is 25.1 Å². The number of carbonyl (C=O) groups excluding carboxylic acids is 1. The standard InChI is InChI=1S/C23H22F2N4OS/c1-13-8-10-28(23(30)21-14(2)15-5-3-4-6-19(15)31-21)12-16(13)18-11-17(22(24)25)27-20-7-9-26-29(18)20/h3-7,9,11,13,16,22H,8,10,12H2,1-2H3/t13?,16-/m1/s1. The molecule has 1 aromatic carbocycles. The van der Waals surface area contributed by atoms with Gasteiger partial charge >= 0.3 is 0 Å². The lowest BCUT2D eigenvalue weighted by molar-refractivity contribution is 0.0669. The highest BCUT2D eigenvalue weighted by Gasteiger charge is 2.34. The predicted octanol–water partition coefficient (Wildman–Crippen LogP) is 5.46. The predicted molar refractivity (Wildman–Crippen MR) is 117 cm³/mol. The zero-order valence-corrected chi connectivity index (χ0v) is 18.1. The minimum absolute atomic E-state index is 0.00967. The molecule has 5 nitrogen and oxygen atoms in total. The molecule has 0 spiro atoms. The summed E-state index contributed by atoms with van der Waals surface area (Å²) in [7, 11) is 0. The van der Waals surface area contributed by atoms with E-state index in [4.69, 9.17) is 0 Å². The largest absolute Gasteiger partial charge is 0.337 e. The maximum atomic E-state index is 13.5. The summed E-state index contributed by atoms with van der Waals surface area (Å²) in [5, 5.41) is 5.41. The van der Waals surface area contributed by atoms with Gasteiger partial charge in [0, 0.05) is 29.8 Å². The zero-order chi connectivity index (χ0) is 21.7. The molecule has 0 bridgehead atoms. The van der Waals surface area contributed by atoms with Crippen LogP contribution in [0.3, 0.4) is 0 Å². The first-order chi connectivity index (χ1) is 14.9. The quantitative estimate of drug-likeness (QED) is 0.425. The van der Waals surface area contributed by atoms with Crippen LogP contribution in [0.5, 0.6) is 0 Å². The van der Waals surface area contributed by atoms with E-state index in [2.05, 4.69) is 17.0 Å². The number of thiophene rings is 1. The second-order valence-corrected chi connectivity index (χ2v) is 9.24. The fraction of sp³-hybridized carbons (Fsp3) is 0.348. The van der Waals surface area contributed by atoms with Crippen LogP contribution in [0.4, 0.5) is 8.78 Å². The van der Waals surface area contributed by atoms with E-state index >= 15 is 0 Å². The average Bonchev–Trinajstić information content (AvgIpc) is 3.38. The second kappa shape index (κ2) is 7.67. The van der Waals surface area contributed by atoms with Crippen molar-refractivity contribution in [1.29, 1.82) is 0 Å². The third-order valence-electron chi connectivity index (χ3n) is 6.29. The van der Waals surface area contributed by atoms with Gasteiger partial charge in [0.15, 0.2) is 5.65 Å². The van der Waals surface area contributed by atoms with E-state index in [0.29, 0.717) is 24.4 Å². The van der Waals surface area contributed by atoms with Crippen LogP contribution in [0, 0.1) is 12.8 Å². The molecule has 31 heavy (non-hydrogen) atoms. The number of piperidine rings is 1. The van der Waals surface area contributed by atoms with E-state index in [1.807, 2.05) is 36.1 Å². The van der Waals surface area contributed by atoms with Crippen LogP contribution in [-0.4, -0.2) is 38.5 Å². The molecule has 1 aliphatic heterocycles. The van der Waals surface area contributed by atoms with Gasteiger partial charge in [0.2, 0.25) is 0 Å². The van der Waals surface area contributed by atoms with Crippen molar-refractivity contribution in [2.75, 3.05) is 13.1 Å². The molecule has 0 N–H and O–H groups in total. The lowest BCUT2D eigenvalue weighted by Gasteiger charge is -2.37. The van der Waals surface area contributed by atoms with Crippen LogP contribution < -0.4 is 0 Å². The number of amides is 1. The number of alkyl halides is 2. The maximum absolute atomic E-state index is 13.5. The van der Waals surface area contributed by atoms with Gasteiger partial charge in [-0.25, -0.2) is 18.3 Å². The molecule has 0 saturated carbocycles. The van der Waals surface area contributed by atoms with Gasteiger partial charge in [0.1, 0.15) is 5.69 Å². The van der Waals surface area contributed by atoms with E-state index in [1.165, 1.54) is 17.4 Å². The monoisotopic (exact) mass is 440 g/mol. The molecule has 3 aromatic heterocycles. The average molecular weight is 441 g/mol. The van der Waals surface area contributed by atoms with Crippen molar-refractivity contribution in [3.8, 4) is 0 Å². The molecule has 160 valence electrons. The van der Waals surface area contributed by atoms with Crippen molar-refractivity contribution in [2.45, 2.75) is 32.6 Å². The van der Waals surface area contributed by atoms with E-state index < -0.39 is 6.43 Å². The lowest BCUT2D eigenvalue weighted by atomic mass is 9.84. The molecule has 1 saturated heterocycles. The number of aromatic nitrogens is 3. The van der Waals surface area contributed by atoms with E-state index in [1.54, 1.807) is 16.8 Å². The van der Waals surface area contributed by atoms with Gasteiger partial charge in [-0.3, -0.25) is 4.79 Å². The number of benzene rings is 1. The molecular weight excluding hydrogens is 418 g/mol. The number of hydrogen-bond acceptors (Lipinski definition) is 4. The van der Waals surface area contributed by atoms with Crippen LogP contribution in [0.2, 0.25) is 0 Å². The minimum atomic E-state index is -2.66. The van der Waals surface area contributed by atoms with E-state index in [0.717, 1.165) is 26.9 Å². The summed E-state index contributed by atoms with van der Waals surface area (Å²) >= 11 is 1.52. The third-order valence-corrected chi connectivity index (χ3v) is 7.55. The molecule has 2 atom stereocenters. The zero-order valence-electron chi connectivity index (χ0n) is 17.3.